The number of nitrogens with one attached hydrogen (secondary N) is 2. The topological polar surface area (TPSA) is 76.4 Å². The van der Waals surface area contributed by atoms with Crippen molar-refractivity contribution in [3.05, 3.63) is 72.4 Å². The highest BCUT2D eigenvalue weighted by molar-refractivity contribution is 5.98. The Morgan fingerprint density at radius 3 is 2.48 bits per heavy atom. The molecule has 2 N–H and O–H groups in total. The first-order chi connectivity index (χ1) is 11.3. The molecule has 0 fully saturated rings. The summed E-state index contributed by atoms with van der Waals surface area (Å²) in [6, 6.07) is 18.2. The van der Waals surface area contributed by atoms with Crippen LogP contribution in [0, 0.1) is 0 Å². The van der Waals surface area contributed by atoms with E-state index in [0.29, 0.717) is 12.3 Å². The van der Waals surface area contributed by atoms with Gasteiger partial charge in [0.1, 0.15) is 12.4 Å². The fraction of sp³-hybridized carbons (Fsp3) is 0.0588. The van der Waals surface area contributed by atoms with Gasteiger partial charge in [0.05, 0.1) is 6.20 Å². The van der Waals surface area contributed by atoms with Crippen LogP contribution in [0.2, 0.25) is 0 Å². The smallest absolute Gasteiger partial charge is 0.326 e. The van der Waals surface area contributed by atoms with Gasteiger partial charge in [-0.1, -0.05) is 35.5 Å². The summed E-state index contributed by atoms with van der Waals surface area (Å²) in [5.74, 6) is 1.11. The highest BCUT2D eigenvalue weighted by atomic mass is 16.5. The summed E-state index contributed by atoms with van der Waals surface area (Å²) in [4.78, 5) is 11.7. The van der Waals surface area contributed by atoms with Crippen LogP contribution in [0.1, 0.15) is 5.56 Å². The quantitative estimate of drug-likeness (QED) is 0.749. The van der Waals surface area contributed by atoms with E-state index in [2.05, 4.69) is 15.8 Å². The zero-order chi connectivity index (χ0) is 15.9. The average Bonchev–Trinajstić information content (AvgIpc) is 3.08. The molecule has 1 aromatic heterocycles. The van der Waals surface area contributed by atoms with Crippen LogP contribution >= 0.6 is 0 Å². The van der Waals surface area contributed by atoms with Crippen molar-refractivity contribution in [3.8, 4) is 5.75 Å². The lowest BCUT2D eigenvalue weighted by Gasteiger charge is -2.08. The second-order valence-electron chi connectivity index (χ2n) is 4.75. The lowest BCUT2D eigenvalue weighted by atomic mass is 10.2. The standard InChI is InChI=1S/C17H15N3O3/c21-17(20-16-10-11-18-23-16)19-14-8-6-13(7-9-14)12-22-15-4-2-1-3-5-15/h1-11H,12H2,(H2,19,20,21). The summed E-state index contributed by atoms with van der Waals surface area (Å²) in [6.45, 7) is 0.467. The molecule has 3 aromatic rings. The van der Waals surface area contributed by atoms with Crippen LogP contribution in [0.4, 0.5) is 16.4 Å². The molecule has 0 aliphatic carbocycles. The van der Waals surface area contributed by atoms with Gasteiger partial charge >= 0.3 is 6.03 Å². The minimum absolute atomic E-state index is 0.287. The van der Waals surface area contributed by atoms with Crippen molar-refractivity contribution in [1.82, 2.24) is 5.16 Å². The molecular weight excluding hydrogens is 294 g/mol. The molecule has 0 aliphatic rings. The molecule has 6 nitrogen and oxygen atoms in total. The Balaban J connectivity index is 1.51. The molecular formula is C17H15N3O3. The van der Waals surface area contributed by atoms with E-state index >= 15 is 0 Å². The summed E-state index contributed by atoms with van der Waals surface area (Å²) >= 11 is 0. The minimum Gasteiger partial charge on any atom is -0.489 e. The first-order valence-corrected chi connectivity index (χ1v) is 7.05. The van der Waals surface area contributed by atoms with Gasteiger partial charge in [-0.3, -0.25) is 5.32 Å². The van der Waals surface area contributed by atoms with Crippen LogP contribution in [0.15, 0.2) is 71.4 Å². The van der Waals surface area contributed by atoms with Gasteiger partial charge in [0.15, 0.2) is 0 Å². The fourth-order valence-electron chi connectivity index (χ4n) is 1.92. The van der Waals surface area contributed by atoms with E-state index in [1.54, 1.807) is 6.07 Å². The Morgan fingerprint density at radius 1 is 1.00 bits per heavy atom. The third kappa shape index (κ3) is 4.34. The van der Waals surface area contributed by atoms with Gasteiger partial charge < -0.3 is 14.6 Å². The lowest BCUT2D eigenvalue weighted by Crippen LogP contribution is -2.19. The van der Waals surface area contributed by atoms with Gasteiger partial charge in [0.25, 0.3) is 0 Å². The molecule has 0 radical (unpaired) electrons. The molecule has 0 spiro atoms. The van der Waals surface area contributed by atoms with Crippen LogP contribution in [0.5, 0.6) is 5.75 Å². The Morgan fingerprint density at radius 2 is 1.78 bits per heavy atom. The summed E-state index contributed by atoms with van der Waals surface area (Å²) in [5.41, 5.74) is 1.68. The molecule has 6 heteroatoms. The predicted octanol–water partition coefficient (Wildman–Crippen LogP) is 3.90. The SMILES string of the molecule is O=C(Nc1ccc(COc2ccccc2)cc1)Nc1ccno1. The largest absolute Gasteiger partial charge is 0.489 e. The number of rotatable bonds is 5. The molecule has 0 aliphatic heterocycles. The van der Waals surface area contributed by atoms with Gasteiger partial charge in [0.2, 0.25) is 5.88 Å². The third-order valence-electron chi connectivity index (χ3n) is 3.04. The molecule has 0 unspecified atom stereocenters. The van der Waals surface area contributed by atoms with E-state index in [0.717, 1.165) is 11.3 Å². The molecule has 1 heterocycles. The van der Waals surface area contributed by atoms with Gasteiger partial charge in [-0.15, -0.1) is 0 Å². The number of carbonyl (C=O) groups excluding carboxylic acids is 1. The number of para-hydroxylation sites is 1. The molecule has 3 rings (SSSR count). The second-order valence-corrected chi connectivity index (χ2v) is 4.75. The summed E-state index contributed by atoms with van der Waals surface area (Å²) in [7, 11) is 0. The van der Waals surface area contributed by atoms with E-state index in [9.17, 15) is 4.79 Å². The van der Waals surface area contributed by atoms with Crippen LogP contribution in [0.3, 0.4) is 0 Å². The normalized spacial score (nSPS) is 10.1. The number of urea groups is 1. The van der Waals surface area contributed by atoms with Crippen molar-refractivity contribution in [2.45, 2.75) is 6.61 Å². The number of carbonyl (C=O) groups is 1. The van der Waals surface area contributed by atoms with E-state index in [-0.39, 0.29) is 5.88 Å². The Hall–Kier alpha value is -3.28. The molecule has 2 amide bonds. The second kappa shape index (κ2) is 7.13. The maximum Gasteiger partial charge on any atom is 0.326 e. The maximum absolute atomic E-state index is 11.7. The summed E-state index contributed by atoms with van der Waals surface area (Å²) < 4.78 is 10.5. The van der Waals surface area contributed by atoms with E-state index in [1.807, 2.05) is 54.6 Å². The van der Waals surface area contributed by atoms with Crippen LogP contribution in [-0.2, 0) is 6.61 Å². The monoisotopic (exact) mass is 309 g/mol. The van der Waals surface area contributed by atoms with E-state index in [4.69, 9.17) is 9.26 Å². The van der Waals surface area contributed by atoms with Crippen molar-refractivity contribution in [2.24, 2.45) is 0 Å². The molecule has 0 bridgehead atoms. The van der Waals surface area contributed by atoms with Crippen LogP contribution in [0.25, 0.3) is 0 Å². The highest BCUT2D eigenvalue weighted by Crippen LogP contribution is 2.14. The zero-order valence-corrected chi connectivity index (χ0v) is 12.2. The minimum atomic E-state index is -0.393. The van der Waals surface area contributed by atoms with E-state index in [1.165, 1.54) is 6.20 Å². The van der Waals surface area contributed by atoms with E-state index < -0.39 is 6.03 Å². The summed E-state index contributed by atoms with van der Waals surface area (Å²) in [5, 5.41) is 8.74. The first-order valence-electron chi connectivity index (χ1n) is 7.05. The van der Waals surface area contributed by atoms with Crippen molar-refractivity contribution in [1.29, 1.82) is 0 Å². The Kier molecular flexibility index (Phi) is 4.54. The number of nitrogens with zero attached hydrogens (tertiary/aromatic N) is 1. The number of hydrogen-bond donors (Lipinski definition) is 2. The molecule has 2 aromatic carbocycles. The third-order valence-corrected chi connectivity index (χ3v) is 3.04. The lowest BCUT2D eigenvalue weighted by molar-refractivity contribution is 0.261. The van der Waals surface area contributed by atoms with Crippen molar-refractivity contribution >= 4 is 17.6 Å². The fourth-order valence-corrected chi connectivity index (χ4v) is 1.92. The number of aromatic nitrogens is 1. The summed E-state index contributed by atoms with van der Waals surface area (Å²) in [6.07, 6.45) is 1.46. The Bertz CT molecular complexity index is 741. The molecule has 116 valence electrons. The van der Waals surface area contributed by atoms with Gasteiger partial charge in [0, 0.05) is 11.8 Å². The first kappa shape index (κ1) is 14.6. The molecule has 0 saturated carbocycles. The number of hydrogen-bond acceptors (Lipinski definition) is 4. The van der Waals surface area contributed by atoms with Crippen molar-refractivity contribution < 1.29 is 14.1 Å². The van der Waals surface area contributed by atoms with Crippen molar-refractivity contribution in [3.63, 3.8) is 0 Å². The van der Waals surface area contributed by atoms with Gasteiger partial charge in [-0.2, -0.15) is 0 Å². The highest BCUT2D eigenvalue weighted by Gasteiger charge is 2.05. The van der Waals surface area contributed by atoms with Crippen LogP contribution < -0.4 is 15.4 Å². The maximum atomic E-state index is 11.7. The number of ether oxygens (including phenoxy) is 1. The van der Waals surface area contributed by atoms with Gasteiger partial charge in [-0.05, 0) is 29.8 Å². The number of anilines is 2. The van der Waals surface area contributed by atoms with Crippen molar-refractivity contribution in [2.75, 3.05) is 10.6 Å². The molecule has 23 heavy (non-hydrogen) atoms. The zero-order valence-electron chi connectivity index (χ0n) is 12.2. The Labute approximate surface area is 133 Å². The van der Waals surface area contributed by atoms with Gasteiger partial charge in [-0.25, -0.2) is 4.79 Å². The predicted molar refractivity (Wildman–Crippen MR) is 86.4 cm³/mol. The average molecular weight is 309 g/mol. The molecule has 0 saturated heterocycles. The number of amides is 2. The van der Waals surface area contributed by atoms with Crippen LogP contribution in [-0.4, -0.2) is 11.2 Å². The molecule has 0 atom stereocenters. The number of benzene rings is 2.